The first-order valence-corrected chi connectivity index (χ1v) is 6.00. The lowest BCUT2D eigenvalue weighted by Gasteiger charge is -2.22. The second-order valence-corrected chi connectivity index (χ2v) is 4.64. The van der Waals surface area contributed by atoms with Crippen molar-refractivity contribution in [3.8, 4) is 0 Å². The summed E-state index contributed by atoms with van der Waals surface area (Å²) in [7, 11) is -4.47. The van der Waals surface area contributed by atoms with Crippen molar-refractivity contribution >= 4 is 13.6 Å². The molecule has 9 heteroatoms. The Labute approximate surface area is 86.4 Å². The van der Waals surface area contributed by atoms with Gasteiger partial charge in [-0.05, 0) is 19.4 Å². The van der Waals surface area contributed by atoms with E-state index in [1.807, 2.05) is 0 Å². The van der Waals surface area contributed by atoms with Crippen molar-refractivity contribution in [2.24, 2.45) is 5.73 Å². The average molecular weight is 242 g/mol. The molecule has 90 valence electrons. The number of carboxylic acid groups (broad SMARTS) is 1. The molecule has 0 aromatic rings. The molecular weight excluding hydrogens is 227 g/mol. The Bertz CT molecular complexity index is 254. The maximum atomic E-state index is 10.6. The monoisotopic (exact) mass is 242 g/mol. The zero-order valence-electron chi connectivity index (χ0n) is 7.98. The third-order valence-electron chi connectivity index (χ3n) is 1.66. The van der Waals surface area contributed by atoms with Gasteiger partial charge in [-0.25, -0.2) is 0 Å². The van der Waals surface area contributed by atoms with Crippen molar-refractivity contribution in [1.82, 2.24) is 5.06 Å². The molecule has 6 N–H and O–H groups in total. The molecule has 0 spiro atoms. The summed E-state index contributed by atoms with van der Waals surface area (Å²) in [5.41, 5.74) is 5.16. The molecule has 0 bridgehead atoms. The van der Waals surface area contributed by atoms with Crippen LogP contribution in [0.3, 0.4) is 0 Å². The highest BCUT2D eigenvalue weighted by Crippen LogP contribution is 2.35. The van der Waals surface area contributed by atoms with Gasteiger partial charge in [0, 0.05) is 0 Å². The smallest absolute Gasteiger partial charge is 0.341 e. The van der Waals surface area contributed by atoms with Crippen LogP contribution in [0.5, 0.6) is 0 Å². The van der Waals surface area contributed by atoms with Crippen molar-refractivity contribution in [2.45, 2.75) is 18.9 Å². The van der Waals surface area contributed by atoms with E-state index in [1.165, 1.54) is 0 Å². The number of hydroxylamine groups is 2. The Morgan fingerprint density at radius 3 is 2.33 bits per heavy atom. The van der Waals surface area contributed by atoms with Crippen LogP contribution < -0.4 is 5.73 Å². The van der Waals surface area contributed by atoms with E-state index in [9.17, 15) is 9.36 Å². The van der Waals surface area contributed by atoms with Crippen molar-refractivity contribution in [1.29, 1.82) is 0 Å². The van der Waals surface area contributed by atoms with E-state index in [2.05, 4.69) is 0 Å². The molecule has 0 heterocycles. The van der Waals surface area contributed by atoms with Crippen LogP contribution in [0.1, 0.15) is 12.8 Å². The molecule has 1 unspecified atom stereocenters. The van der Waals surface area contributed by atoms with E-state index in [-0.39, 0.29) is 18.0 Å². The summed E-state index contributed by atoms with van der Waals surface area (Å²) in [5.74, 6) is -1.35. The minimum atomic E-state index is -4.47. The van der Waals surface area contributed by atoms with Crippen molar-refractivity contribution in [2.75, 3.05) is 12.8 Å². The fourth-order valence-corrected chi connectivity index (χ4v) is 1.57. The van der Waals surface area contributed by atoms with E-state index in [1.54, 1.807) is 0 Å². The number of carboxylic acids is 1. The molecule has 0 rings (SSSR count). The lowest BCUT2D eigenvalue weighted by molar-refractivity contribution is -0.166. The predicted molar refractivity (Wildman–Crippen MR) is 50.2 cm³/mol. The van der Waals surface area contributed by atoms with Crippen LogP contribution in [0, 0.1) is 0 Å². The molecule has 0 aliphatic carbocycles. The molecule has 0 aliphatic heterocycles. The summed E-state index contributed by atoms with van der Waals surface area (Å²) in [4.78, 5) is 27.7. The Hall–Kier alpha value is -0.500. The molecular formula is C6H15N2O6P. The summed E-state index contributed by atoms with van der Waals surface area (Å²) in [6, 6.07) is -1.35. The van der Waals surface area contributed by atoms with Gasteiger partial charge >= 0.3 is 13.6 Å². The van der Waals surface area contributed by atoms with Crippen LogP contribution in [-0.4, -0.2) is 50.0 Å². The standard InChI is InChI=1S/C6H15N2O6P/c7-3-1-2-5(6(9)10)8(11)4-15(12,13)14/h5,11H,1-4,7H2,(H,9,10)(H2,12,13,14). The van der Waals surface area contributed by atoms with Gasteiger partial charge in [0.05, 0.1) is 0 Å². The summed E-state index contributed by atoms with van der Waals surface area (Å²) >= 11 is 0. The lowest BCUT2D eigenvalue weighted by Crippen LogP contribution is -2.39. The number of nitrogens with two attached hydrogens (primary N) is 1. The Kier molecular flexibility index (Phi) is 5.96. The predicted octanol–water partition coefficient (Wildman–Crippen LogP) is -0.995. The second-order valence-electron chi connectivity index (χ2n) is 3.03. The largest absolute Gasteiger partial charge is 0.480 e. The van der Waals surface area contributed by atoms with Gasteiger partial charge in [-0.15, -0.1) is 0 Å². The van der Waals surface area contributed by atoms with E-state index in [0.29, 0.717) is 6.42 Å². The number of hydrogen-bond donors (Lipinski definition) is 5. The van der Waals surface area contributed by atoms with E-state index in [4.69, 9.17) is 25.8 Å². The highest BCUT2D eigenvalue weighted by Gasteiger charge is 2.29. The molecule has 15 heavy (non-hydrogen) atoms. The first-order chi connectivity index (χ1) is 6.78. The first-order valence-electron chi connectivity index (χ1n) is 4.21. The van der Waals surface area contributed by atoms with Crippen molar-refractivity contribution in [3.05, 3.63) is 0 Å². The normalized spacial score (nSPS) is 14.2. The van der Waals surface area contributed by atoms with Gasteiger partial charge < -0.3 is 25.8 Å². The molecule has 8 nitrogen and oxygen atoms in total. The molecule has 1 atom stereocenters. The highest BCUT2D eigenvalue weighted by molar-refractivity contribution is 7.51. The van der Waals surface area contributed by atoms with Crippen LogP contribution in [0.2, 0.25) is 0 Å². The fourth-order valence-electron chi connectivity index (χ4n) is 0.998. The van der Waals surface area contributed by atoms with E-state index in [0.717, 1.165) is 0 Å². The van der Waals surface area contributed by atoms with Gasteiger partial charge in [0.2, 0.25) is 0 Å². The molecule has 0 saturated heterocycles. The van der Waals surface area contributed by atoms with Gasteiger partial charge in [-0.2, -0.15) is 5.06 Å². The van der Waals surface area contributed by atoms with Crippen LogP contribution >= 0.6 is 7.60 Å². The molecule has 0 radical (unpaired) electrons. The molecule has 0 aromatic carbocycles. The van der Waals surface area contributed by atoms with Gasteiger partial charge in [0.1, 0.15) is 12.3 Å². The summed E-state index contributed by atoms with van der Waals surface area (Å²) in [6.45, 7) is 0.244. The van der Waals surface area contributed by atoms with Gasteiger partial charge in [-0.3, -0.25) is 9.36 Å². The average Bonchev–Trinajstić information content (AvgIpc) is 2.00. The maximum Gasteiger partial charge on any atom is 0.341 e. The summed E-state index contributed by atoms with van der Waals surface area (Å²) < 4.78 is 10.5. The fraction of sp³-hybridized carbons (Fsp3) is 0.833. The topological polar surface area (TPSA) is 144 Å². The van der Waals surface area contributed by atoms with Gasteiger partial charge in [-0.1, -0.05) is 0 Å². The molecule has 0 aliphatic rings. The van der Waals surface area contributed by atoms with Crippen molar-refractivity contribution < 1.29 is 29.5 Å². The third-order valence-corrected chi connectivity index (χ3v) is 2.31. The maximum absolute atomic E-state index is 10.6. The summed E-state index contributed by atoms with van der Waals surface area (Å²) in [5, 5.41) is 18.0. The van der Waals surface area contributed by atoms with Crippen LogP contribution in [-0.2, 0) is 9.36 Å². The number of carbonyl (C=O) groups is 1. The first kappa shape index (κ1) is 14.5. The van der Waals surface area contributed by atoms with Crippen LogP contribution in [0.25, 0.3) is 0 Å². The molecule has 0 amide bonds. The number of aliphatic carboxylic acids is 1. The third kappa shape index (κ3) is 6.56. The molecule has 0 fully saturated rings. The zero-order valence-corrected chi connectivity index (χ0v) is 8.88. The number of rotatable bonds is 7. The van der Waals surface area contributed by atoms with Crippen LogP contribution in [0.15, 0.2) is 0 Å². The van der Waals surface area contributed by atoms with Gasteiger partial charge in [0.15, 0.2) is 0 Å². The second kappa shape index (κ2) is 6.16. The Morgan fingerprint density at radius 2 is 2.00 bits per heavy atom. The van der Waals surface area contributed by atoms with E-state index < -0.39 is 25.9 Å². The minimum absolute atomic E-state index is 0.0301. The number of hydrogen-bond acceptors (Lipinski definition) is 5. The lowest BCUT2D eigenvalue weighted by atomic mass is 10.1. The molecule has 0 saturated carbocycles. The quantitative estimate of drug-likeness (QED) is 0.282. The van der Waals surface area contributed by atoms with Crippen molar-refractivity contribution in [3.63, 3.8) is 0 Å². The number of nitrogens with zero attached hydrogens (tertiary/aromatic N) is 1. The highest BCUT2D eigenvalue weighted by atomic mass is 31.2. The Balaban J connectivity index is 4.35. The summed E-state index contributed by atoms with van der Waals surface area (Å²) in [6.07, 6.45) is -0.633. The molecule has 0 aromatic heterocycles. The van der Waals surface area contributed by atoms with Crippen LogP contribution in [0.4, 0.5) is 0 Å². The minimum Gasteiger partial charge on any atom is -0.480 e. The SMILES string of the molecule is NCCCC(C(=O)O)N(O)CP(=O)(O)O. The zero-order chi connectivity index (χ0) is 12.1. The van der Waals surface area contributed by atoms with E-state index >= 15 is 0 Å². The Morgan fingerprint density at radius 1 is 1.47 bits per heavy atom. The van der Waals surface area contributed by atoms with Gasteiger partial charge in [0.25, 0.3) is 0 Å².